The van der Waals surface area contributed by atoms with E-state index in [1.807, 2.05) is 59.2 Å². The Hall–Kier alpha value is -3.10. The summed E-state index contributed by atoms with van der Waals surface area (Å²) in [6, 6.07) is 19.4. The number of anilines is 1. The van der Waals surface area contributed by atoms with Crippen molar-refractivity contribution in [3.05, 3.63) is 82.5 Å². The highest BCUT2D eigenvalue weighted by Gasteiger charge is 2.29. The lowest BCUT2D eigenvalue weighted by molar-refractivity contribution is -0.129. The van der Waals surface area contributed by atoms with E-state index in [1.165, 1.54) is 22.9 Å². The van der Waals surface area contributed by atoms with Crippen LogP contribution in [-0.4, -0.2) is 69.6 Å². The summed E-state index contributed by atoms with van der Waals surface area (Å²) >= 11 is 7.64. The van der Waals surface area contributed by atoms with Crippen molar-refractivity contribution in [2.75, 3.05) is 36.8 Å². The van der Waals surface area contributed by atoms with Gasteiger partial charge in [-0.1, -0.05) is 65.8 Å². The Morgan fingerprint density at radius 2 is 1.75 bits per heavy atom. The van der Waals surface area contributed by atoms with Gasteiger partial charge in [0, 0.05) is 50.4 Å². The minimum Gasteiger partial charge on any atom is -0.353 e. The largest absolute Gasteiger partial charge is 0.353 e. The number of halogens is 1. The molecule has 1 saturated heterocycles. The van der Waals surface area contributed by atoms with Gasteiger partial charge in [-0.15, -0.1) is 0 Å². The second-order valence-electron chi connectivity index (χ2n) is 9.11. The third kappa shape index (κ3) is 5.50. The summed E-state index contributed by atoms with van der Waals surface area (Å²) in [5.41, 5.74) is 3.22. The lowest BCUT2D eigenvalue weighted by Gasteiger charge is -2.40. The van der Waals surface area contributed by atoms with Crippen molar-refractivity contribution in [3.63, 3.8) is 0 Å². The van der Waals surface area contributed by atoms with E-state index in [-0.39, 0.29) is 23.6 Å². The lowest BCUT2D eigenvalue weighted by atomic mass is 10.00. The molecule has 0 saturated carbocycles. The van der Waals surface area contributed by atoms with Crippen LogP contribution in [0.25, 0.3) is 0 Å². The molecule has 1 atom stereocenters. The highest BCUT2D eigenvalue weighted by molar-refractivity contribution is 7.99. The number of rotatable bonds is 5. The van der Waals surface area contributed by atoms with Crippen LogP contribution in [0.4, 0.5) is 5.82 Å². The van der Waals surface area contributed by atoms with E-state index in [0.717, 1.165) is 18.8 Å². The van der Waals surface area contributed by atoms with Crippen molar-refractivity contribution < 1.29 is 9.59 Å². The van der Waals surface area contributed by atoms with Crippen molar-refractivity contribution in [1.82, 2.24) is 19.8 Å². The summed E-state index contributed by atoms with van der Waals surface area (Å²) in [6.45, 7) is 5.28. The molecule has 2 aliphatic heterocycles. The van der Waals surface area contributed by atoms with Crippen LogP contribution < -0.4 is 4.90 Å². The van der Waals surface area contributed by atoms with Crippen molar-refractivity contribution >= 4 is 41.0 Å². The molecular weight excluding hydrogens is 494 g/mol. The van der Waals surface area contributed by atoms with Crippen LogP contribution in [0.3, 0.4) is 0 Å². The average molecular weight is 522 g/mol. The highest BCUT2D eigenvalue weighted by atomic mass is 35.5. The van der Waals surface area contributed by atoms with Gasteiger partial charge < -0.3 is 14.7 Å². The Labute approximate surface area is 220 Å². The van der Waals surface area contributed by atoms with Crippen LogP contribution in [-0.2, 0) is 17.8 Å². The zero-order valence-electron chi connectivity index (χ0n) is 20.1. The number of piperazine rings is 1. The normalized spacial score (nSPS) is 17.6. The van der Waals surface area contributed by atoms with E-state index in [4.69, 9.17) is 16.6 Å². The number of benzene rings is 2. The van der Waals surface area contributed by atoms with Crippen LogP contribution in [0.15, 0.2) is 65.8 Å². The molecule has 1 aromatic heterocycles. The van der Waals surface area contributed by atoms with Gasteiger partial charge in [0.15, 0.2) is 5.16 Å². The maximum absolute atomic E-state index is 12.9. The van der Waals surface area contributed by atoms with Gasteiger partial charge in [0.1, 0.15) is 11.0 Å². The van der Waals surface area contributed by atoms with Gasteiger partial charge in [-0.2, -0.15) is 0 Å². The molecule has 7 nitrogen and oxygen atoms in total. The zero-order valence-corrected chi connectivity index (χ0v) is 21.7. The molecule has 1 fully saturated rings. The van der Waals surface area contributed by atoms with Gasteiger partial charge in [0.2, 0.25) is 5.91 Å². The molecule has 5 rings (SSSR count). The number of fused-ring (bicyclic) bond motifs is 1. The fourth-order valence-electron chi connectivity index (χ4n) is 4.75. The Morgan fingerprint density at radius 3 is 2.53 bits per heavy atom. The topological polar surface area (TPSA) is 69.6 Å². The Bertz CT molecular complexity index is 1260. The maximum Gasteiger partial charge on any atom is 0.254 e. The zero-order chi connectivity index (χ0) is 25.1. The third-order valence-electron chi connectivity index (χ3n) is 6.70. The summed E-state index contributed by atoms with van der Waals surface area (Å²) in [4.78, 5) is 40.8. The number of hydrogen-bond acceptors (Lipinski definition) is 6. The van der Waals surface area contributed by atoms with Crippen LogP contribution in [0.1, 0.15) is 28.4 Å². The first kappa shape index (κ1) is 24.6. The summed E-state index contributed by atoms with van der Waals surface area (Å²) < 4.78 is 0. The van der Waals surface area contributed by atoms with E-state index >= 15 is 0 Å². The molecule has 1 unspecified atom stereocenters. The van der Waals surface area contributed by atoms with Crippen LogP contribution in [0, 0.1) is 0 Å². The Kier molecular flexibility index (Phi) is 7.43. The van der Waals surface area contributed by atoms with Gasteiger partial charge in [-0.05, 0) is 36.6 Å². The number of carbonyl (C=O) groups is 2. The van der Waals surface area contributed by atoms with E-state index in [1.54, 1.807) is 6.07 Å². The minimum atomic E-state index is 0.0138. The van der Waals surface area contributed by atoms with Crippen molar-refractivity contribution in [2.45, 2.75) is 31.1 Å². The summed E-state index contributed by atoms with van der Waals surface area (Å²) in [5, 5.41) is 0.830. The number of carbonyl (C=O) groups excluding carboxylic acids is 2. The molecule has 0 spiro atoms. The number of hydrogen-bond donors (Lipinski definition) is 0. The van der Waals surface area contributed by atoms with Gasteiger partial charge in [0.25, 0.3) is 5.91 Å². The molecule has 186 valence electrons. The minimum absolute atomic E-state index is 0.0138. The molecule has 2 aromatic carbocycles. The fourth-order valence-corrected chi connectivity index (χ4v) is 5.74. The molecule has 2 amide bonds. The van der Waals surface area contributed by atoms with E-state index in [0.29, 0.717) is 42.1 Å². The lowest BCUT2D eigenvalue weighted by Crippen LogP contribution is -2.54. The average Bonchev–Trinajstić information content (AvgIpc) is 2.91. The molecule has 0 N–H and O–H groups in total. The standard InChI is InChI=1S/C27H28ClN5O2S/c1-19-16-31(13-14-33(19)26(35)21-8-3-2-4-9-21)24-15-23(28)29-27(30-24)36-18-25(34)32-12-11-20-7-5-6-10-22(20)17-32/h2-10,15,19H,11-14,16-18H2,1H3. The van der Waals surface area contributed by atoms with Crippen LogP contribution in [0.2, 0.25) is 5.15 Å². The van der Waals surface area contributed by atoms with E-state index < -0.39 is 0 Å². The second-order valence-corrected chi connectivity index (χ2v) is 10.4. The maximum atomic E-state index is 12.9. The third-order valence-corrected chi connectivity index (χ3v) is 7.73. The van der Waals surface area contributed by atoms with Gasteiger partial charge >= 0.3 is 0 Å². The number of aromatic nitrogens is 2. The van der Waals surface area contributed by atoms with Crippen LogP contribution >= 0.6 is 23.4 Å². The summed E-state index contributed by atoms with van der Waals surface area (Å²) in [5.74, 6) is 1.09. The first-order valence-corrected chi connectivity index (χ1v) is 13.5. The predicted molar refractivity (Wildman–Crippen MR) is 142 cm³/mol. The number of amides is 2. The second kappa shape index (κ2) is 10.9. The molecule has 0 radical (unpaired) electrons. The van der Waals surface area contributed by atoms with Gasteiger partial charge in [-0.25, -0.2) is 9.97 Å². The Morgan fingerprint density at radius 1 is 1.00 bits per heavy atom. The fraction of sp³-hybridized carbons (Fsp3) is 0.333. The molecule has 9 heteroatoms. The van der Waals surface area contributed by atoms with Gasteiger partial charge in [0.05, 0.1) is 5.75 Å². The van der Waals surface area contributed by atoms with E-state index in [9.17, 15) is 9.59 Å². The molecule has 3 heterocycles. The van der Waals surface area contributed by atoms with Crippen molar-refractivity contribution in [3.8, 4) is 0 Å². The highest BCUT2D eigenvalue weighted by Crippen LogP contribution is 2.26. The van der Waals surface area contributed by atoms with E-state index in [2.05, 4.69) is 22.0 Å². The summed E-state index contributed by atoms with van der Waals surface area (Å²) in [6.07, 6.45) is 0.876. The monoisotopic (exact) mass is 521 g/mol. The molecule has 3 aromatic rings. The van der Waals surface area contributed by atoms with Crippen LogP contribution in [0.5, 0.6) is 0 Å². The predicted octanol–water partition coefficient (Wildman–Crippen LogP) is 4.16. The first-order chi connectivity index (χ1) is 17.5. The Balaban J connectivity index is 1.20. The van der Waals surface area contributed by atoms with Crippen molar-refractivity contribution in [1.29, 1.82) is 0 Å². The SMILES string of the molecule is CC1CN(c2cc(Cl)nc(SCC(=O)N3CCc4ccccc4C3)n2)CCN1C(=O)c1ccccc1. The van der Waals surface area contributed by atoms with Gasteiger partial charge in [-0.3, -0.25) is 9.59 Å². The molecular formula is C27H28ClN5O2S. The number of nitrogens with zero attached hydrogens (tertiary/aromatic N) is 5. The smallest absolute Gasteiger partial charge is 0.254 e. The molecule has 2 aliphatic rings. The molecule has 0 aliphatic carbocycles. The molecule has 0 bridgehead atoms. The molecule has 36 heavy (non-hydrogen) atoms. The summed E-state index contributed by atoms with van der Waals surface area (Å²) in [7, 11) is 0. The van der Waals surface area contributed by atoms with Crippen molar-refractivity contribution in [2.24, 2.45) is 0 Å². The number of thioether (sulfide) groups is 1. The first-order valence-electron chi connectivity index (χ1n) is 12.1. The quantitative estimate of drug-likeness (QED) is 0.285.